The van der Waals surface area contributed by atoms with Crippen LogP contribution in [-0.4, -0.2) is 24.1 Å². The second-order valence-corrected chi connectivity index (χ2v) is 8.94. The van der Waals surface area contributed by atoms with E-state index in [1.807, 2.05) is 49.4 Å². The predicted octanol–water partition coefficient (Wildman–Crippen LogP) is 5.43. The Morgan fingerprint density at radius 1 is 1.10 bits per heavy atom. The van der Waals surface area contributed by atoms with Gasteiger partial charge in [-0.2, -0.15) is 0 Å². The van der Waals surface area contributed by atoms with Gasteiger partial charge in [-0.3, -0.25) is 14.6 Å². The van der Waals surface area contributed by atoms with Crippen molar-refractivity contribution in [1.82, 2.24) is 0 Å². The normalized spacial score (nSPS) is 23.6. The molecular formula is C25H24INO3. The molecule has 0 radical (unpaired) electrons. The number of aliphatic imine (C=N–C) groups is 1. The Labute approximate surface area is 190 Å². The number of benzene rings is 2. The van der Waals surface area contributed by atoms with Gasteiger partial charge in [0.1, 0.15) is 5.92 Å². The molecule has 0 N–H and O–H groups in total. The highest BCUT2D eigenvalue weighted by atomic mass is 127. The maximum atomic E-state index is 13.5. The van der Waals surface area contributed by atoms with Crippen molar-refractivity contribution in [2.45, 2.75) is 38.5 Å². The molecule has 0 amide bonds. The molecule has 0 bridgehead atoms. The topological polar surface area (TPSA) is 55.7 Å². The van der Waals surface area contributed by atoms with E-state index in [1.54, 1.807) is 6.92 Å². The zero-order chi connectivity index (χ0) is 21.3. The van der Waals surface area contributed by atoms with Crippen LogP contribution < -0.4 is 0 Å². The summed E-state index contributed by atoms with van der Waals surface area (Å²) >= 11 is 2.28. The van der Waals surface area contributed by atoms with Crippen molar-refractivity contribution in [2.75, 3.05) is 6.61 Å². The molecule has 154 valence electrons. The summed E-state index contributed by atoms with van der Waals surface area (Å²) in [7, 11) is 0. The zero-order valence-corrected chi connectivity index (χ0v) is 19.3. The smallest absolute Gasteiger partial charge is 0.315 e. The number of nitrogens with zero attached hydrogens (tertiary/aromatic N) is 1. The Balaban J connectivity index is 1.83. The lowest BCUT2D eigenvalue weighted by Crippen LogP contribution is -2.38. The van der Waals surface area contributed by atoms with Gasteiger partial charge in [-0.25, -0.2) is 0 Å². The van der Waals surface area contributed by atoms with Crippen molar-refractivity contribution in [3.8, 4) is 0 Å². The van der Waals surface area contributed by atoms with Gasteiger partial charge in [0.2, 0.25) is 0 Å². The predicted molar refractivity (Wildman–Crippen MR) is 126 cm³/mol. The van der Waals surface area contributed by atoms with Crippen molar-refractivity contribution in [1.29, 1.82) is 0 Å². The summed E-state index contributed by atoms with van der Waals surface area (Å²) in [5.41, 5.74) is 4.38. The van der Waals surface area contributed by atoms with E-state index in [9.17, 15) is 9.59 Å². The van der Waals surface area contributed by atoms with Gasteiger partial charge in [0.05, 0.1) is 6.61 Å². The fourth-order valence-corrected chi connectivity index (χ4v) is 5.34. The van der Waals surface area contributed by atoms with Gasteiger partial charge in [0.15, 0.2) is 5.78 Å². The molecular weight excluding hydrogens is 489 g/mol. The number of ketones is 1. The molecule has 2 aliphatic rings. The minimum Gasteiger partial charge on any atom is -0.465 e. The monoisotopic (exact) mass is 513 g/mol. The number of hydrogen-bond donors (Lipinski definition) is 0. The third kappa shape index (κ3) is 3.87. The molecule has 1 aliphatic carbocycles. The molecule has 2 aromatic carbocycles. The maximum Gasteiger partial charge on any atom is 0.315 e. The van der Waals surface area contributed by atoms with Crippen LogP contribution in [-0.2, 0) is 14.3 Å². The highest BCUT2D eigenvalue weighted by molar-refractivity contribution is 14.1. The van der Waals surface area contributed by atoms with Crippen LogP contribution in [0.3, 0.4) is 0 Å². The highest BCUT2D eigenvalue weighted by Gasteiger charge is 2.45. The van der Waals surface area contributed by atoms with E-state index in [-0.39, 0.29) is 23.6 Å². The Morgan fingerprint density at radius 3 is 2.50 bits per heavy atom. The zero-order valence-electron chi connectivity index (χ0n) is 17.1. The second-order valence-electron chi connectivity index (χ2n) is 7.78. The summed E-state index contributed by atoms with van der Waals surface area (Å²) < 4.78 is 6.43. The Bertz CT molecular complexity index is 1040. The van der Waals surface area contributed by atoms with Crippen molar-refractivity contribution in [3.63, 3.8) is 0 Å². The Kier molecular flexibility index (Phi) is 6.18. The quantitative estimate of drug-likeness (QED) is 0.405. The van der Waals surface area contributed by atoms with Gasteiger partial charge in [0, 0.05) is 32.9 Å². The average molecular weight is 513 g/mol. The van der Waals surface area contributed by atoms with Crippen LogP contribution in [0.1, 0.15) is 49.7 Å². The van der Waals surface area contributed by atoms with Crippen molar-refractivity contribution in [2.24, 2.45) is 10.9 Å². The van der Waals surface area contributed by atoms with Gasteiger partial charge >= 0.3 is 5.97 Å². The first-order valence-electron chi connectivity index (χ1n) is 10.3. The lowest BCUT2D eigenvalue weighted by atomic mass is 9.69. The van der Waals surface area contributed by atoms with Gasteiger partial charge in [-0.15, -0.1) is 0 Å². The van der Waals surface area contributed by atoms with E-state index in [0.29, 0.717) is 25.0 Å². The molecule has 0 spiro atoms. The number of allylic oxidation sites excluding steroid dienone is 2. The van der Waals surface area contributed by atoms with Crippen molar-refractivity contribution >= 4 is 40.1 Å². The number of hydrogen-bond acceptors (Lipinski definition) is 4. The molecule has 5 heteroatoms. The van der Waals surface area contributed by atoms with Gasteiger partial charge in [-0.1, -0.05) is 48.5 Å². The average Bonchev–Trinajstić information content (AvgIpc) is 2.74. The summed E-state index contributed by atoms with van der Waals surface area (Å²) in [5.74, 6) is -1.04. The number of Topliss-reactive ketones (excluding diaryl/α,β-unsaturated/α-hetero) is 1. The van der Waals surface area contributed by atoms with E-state index in [1.165, 1.54) is 0 Å². The van der Waals surface area contributed by atoms with Crippen LogP contribution in [0.25, 0.3) is 0 Å². The van der Waals surface area contributed by atoms with E-state index < -0.39 is 5.92 Å². The second kappa shape index (κ2) is 8.84. The minimum absolute atomic E-state index is 0.0836. The summed E-state index contributed by atoms with van der Waals surface area (Å²) in [6.07, 6.45) is 1.14. The largest absolute Gasteiger partial charge is 0.465 e. The third-order valence-corrected chi connectivity index (χ3v) is 6.92. The molecule has 2 aromatic rings. The molecule has 30 heavy (non-hydrogen) atoms. The van der Waals surface area contributed by atoms with Crippen LogP contribution in [0.15, 0.2) is 70.9 Å². The molecule has 0 saturated heterocycles. The number of esters is 1. The van der Waals surface area contributed by atoms with Crippen LogP contribution in [0, 0.1) is 9.49 Å². The SMILES string of the molecule is CCOC(=O)C1C(C)=NC2=C(C(=O)C[C@@H](c3ccccc3)C2)[C@H]1c1ccccc1I. The molecule has 1 aliphatic heterocycles. The number of carbonyl (C=O) groups excluding carboxylic acids is 2. The van der Waals surface area contributed by atoms with Crippen LogP contribution in [0.5, 0.6) is 0 Å². The van der Waals surface area contributed by atoms with E-state index in [2.05, 4.69) is 34.7 Å². The lowest BCUT2D eigenvalue weighted by Gasteiger charge is -2.36. The fraction of sp³-hybridized carbons (Fsp3) is 0.320. The van der Waals surface area contributed by atoms with Crippen molar-refractivity contribution < 1.29 is 14.3 Å². The van der Waals surface area contributed by atoms with E-state index >= 15 is 0 Å². The summed E-state index contributed by atoms with van der Waals surface area (Å²) in [6.45, 7) is 3.98. The number of carbonyl (C=O) groups is 2. The Morgan fingerprint density at radius 2 is 1.80 bits per heavy atom. The summed E-state index contributed by atoms with van der Waals surface area (Å²) in [5, 5.41) is 0. The van der Waals surface area contributed by atoms with Gasteiger partial charge < -0.3 is 4.74 Å². The molecule has 0 saturated carbocycles. The van der Waals surface area contributed by atoms with E-state index in [0.717, 1.165) is 26.1 Å². The molecule has 4 rings (SSSR count). The van der Waals surface area contributed by atoms with Crippen LogP contribution in [0.2, 0.25) is 0 Å². The molecule has 4 nitrogen and oxygen atoms in total. The number of halogens is 1. The fourth-order valence-electron chi connectivity index (χ4n) is 4.62. The first-order valence-corrected chi connectivity index (χ1v) is 11.4. The first kappa shape index (κ1) is 21.0. The Hall–Kier alpha value is -2.28. The van der Waals surface area contributed by atoms with Crippen LogP contribution in [0.4, 0.5) is 0 Å². The number of rotatable bonds is 4. The standard InChI is InChI=1S/C25H24INO3/c1-3-30-25(29)22-15(2)27-20-13-17(16-9-5-4-6-10-16)14-21(28)24(20)23(22)18-11-7-8-12-19(18)26/h4-12,17,22-23H,3,13-14H2,1-2H3/t17-,22?,23-/m0/s1. The summed E-state index contributed by atoms with van der Waals surface area (Å²) in [4.78, 5) is 31.2. The summed E-state index contributed by atoms with van der Waals surface area (Å²) in [6, 6.07) is 18.1. The molecule has 0 aromatic heterocycles. The highest BCUT2D eigenvalue weighted by Crippen LogP contribution is 2.47. The van der Waals surface area contributed by atoms with E-state index in [4.69, 9.17) is 9.73 Å². The molecule has 0 fully saturated rings. The van der Waals surface area contributed by atoms with Gasteiger partial charge in [0.25, 0.3) is 0 Å². The molecule has 1 heterocycles. The van der Waals surface area contributed by atoms with Gasteiger partial charge in [-0.05, 0) is 66.0 Å². The van der Waals surface area contributed by atoms with Crippen molar-refractivity contribution in [3.05, 3.63) is 80.6 Å². The minimum atomic E-state index is -0.572. The lowest BCUT2D eigenvalue weighted by molar-refractivity contribution is -0.146. The van der Waals surface area contributed by atoms with Crippen LogP contribution >= 0.6 is 22.6 Å². The first-order chi connectivity index (χ1) is 14.5. The maximum absolute atomic E-state index is 13.5. The molecule has 3 atom stereocenters. The molecule has 1 unspecified atom stereocenters. The number of ether oxygens (including phenoxy) is 1. The third-order valence-electron chi connectivity index (χ3n) is 5.94.